The van der Waals surface area contributed by atoms with E-state index in [0.717, 1.165) is 6.42 Å². The van der Waals surface area contributed by atoms with E-state index in [1.807, 2.05) is 6.92 Å². The molecule has 1 unspecified atom stereocenters. The monoisotopic (exact) mass is 301 g/mol. The van der Waals surface area contributed by atoms with E-state index in [-0.39, 0.29) is 18.8 Å². The number of ether oxygens (including phenoxy) is 1. The van der Waals surface area contributed by atoms with Crippen molar-refractivity contribution >= 4 is 29.9 Å². The van der Waals surface area contributed by atoms with Gasteiger partial charge < -0.3 is 21.5 Å². The summed E-state index contributed by atoms with van der Waals surface area (Å²) >= 11 is 0. The molecular weight excluding hydrogens is 282 g/mol. The molecule has 1 atom stereocenters. The molecule has 0 saturated carbocycles. The highest BCUT2D eigenvalue weighted by molar-refractivity contribution is 5.97. The van der Waals surface area contributed by atoms with Crippen LogP contribution in [-0.4, -0.2) is 24.5 Å². The second-order valence-electron chi connectivity index (χ2n) is 4.14. The van der Waals surface area contributed by atoms with E-state index in [0.29, 0.717) is 18.0 Å². The summed E-state index contributed by atoms with van der Waals surface area (Å²) < 4.78 is 5.45. The Morgan fingerprint density at radius 1 is 1.40 bits per heavy atom. The number of amides is 2. The zero-order valence-electron chi connectivity index (χ0n) is 11.3. The van der Waals surface area contributed by atoms with Gasteiger partial charge in [-0.1, -0.05) is 13.0 Å². The number of carbonyl (C=O) groups excluding carboxylic acids is 2. The number of halogens is 1. The molecule has 2 amide bonds. The number of benzene rings is 1. The predicted octanol–water partition coefficient (Wildman–Crippen LogP) is 1.04. The van der Waals surface area contributed by atoms with Crippen molar-refractivity contribution < 1.29 is 14.3 Å². The van der Waals surface area contributed by atoms with E-state index in [1.165, 1.54) is 0 Å². The highest BCUT2D eigenvalue weighted by Crippen LogP contribution is 2.17. The maximum Gasteiger partial charge on any atom is 0.241 e. The van der Waals surface area contributed by atoms with E-state index in [2.05, 4.69) is 5.32 Å². The largest absolute Gasteiger partial charge is 0.494 e. The molecule has 0 aliphatic carbocycles. The zero-order valence-corrected chi connectivity index (χ0v) is 12.1. The van der Waals surface area contributed by atoms with E-state index in [1.54, 1.807) is 24.3 Å². The number of primary amides is 1. The van der Waals surface area contributed by atoms with Gasteiger partial charge in [0.2, 0.25) is 11.8 Å². The third kappa shape index (κ3) is 6.40. The topological polar surface area (TPSA) is 107 Å². The normalized spacial score (nSPS) is 11.1. The van der Waals surface area contributed by atoms with Gasteiger partial charge in [-0.25, -0.2) is 0 Å². The van der Waals surface area contributed by atoms with Gasteiger partial charge in [0.15, 0.2) is 0 Å². The number of nitrogens with two attached hydrogens (primary N) is 2. The Labute approximate surface area is 124 Å². The Morgan fingerprint density at radius 2 is 2.10 bits per heavy atom. The van der Waals surface area contributed by atoms with Gasteiger partial charge in [-0.2, -0.15) is 0 Å². The summed E-state index contributed by atoms with van der Waals surface area (Å²) in [4.78, 5) is 22.4. The van der Waals surface area contributed by atoms with Crippen LogP contribution in [0.25, 0.3) is 0 Å². The number of hydrogen-bond acceptors (Lipinski definition) is 4. The number of hydrogen-bond donors (Lipinski definition) is 3. The summed E-state index contributed by atoms with van der Waals surface area (Å²) in [6.45, 7) is 2.62. The summed E-state index contributed by atoms with van der Waals surface area (Å²) in [6.07, 6.45) is 0.720. The third-order valence-electron chi connectivity index (χ3n) is 2.33. The molecule has 0 aliphatic heterocycles. The molecule has 1 aromatic carbocycles. The molecule has 0 radical (unpaired) electrons. The number of rotatable bonds is 7. The molecule has 0 heterocycles. The Balaban J connectivity index is 0.00000361. The van der Waals surface area contributed by atoms with Gasteiger partial charge >= 0.3 is 0 Å². The van der Waals surface area contributed by atoms with Crippen molar-refractivity contribution in [2.45, 2.75) is 25.8 Å². The SMILES string of the molecule is CCCOc1cccc(NC(=O)C(N)CC(N)=O)c1.Cl. The fourth-order valence-corrected chi connectivity index (χ4v) is 1.43. The standard InChI is InChI=1S/C13H19N3O3.ClH/c1-2-6-19-10-5-3-4-9(7-10)16-13(18)11(14)8-12(15)17;/h3-5,7,11H,2,6,8,14H2,1H3,(H2,15,17)(H,16,18);1H. The Kier molecular flexibility index (Phi) is 8.35. The lowest BCUT2D eigenvalue weighted by Crippen LogP contribution is -2.38. The second-order valence-corrected chi connectivity index (χ2v) is 4.14. The average Bonchev–Trinajstić information content (AvgIpc) is 2.36. The van der Waals surface area contributed by atoms with E-state index >= 15 is 0 Å². The van der Waals surface area contributed by atoms with Crippen LogP contribution in [0, 0.1) is 0 Å². The summed E-state index contributed by atoms with van der Waals surface area (Å²) in [5, 5.41) is 2.61. The average molecular weight is 302 g/mol. The Hall–Kier alpha value is -1.79. The molecule has 0 spiro atoms. The summed E-state index contributed by atoms with van der Waals surface area (Å²) in [7, 11) is 0. The highest BCUT2D eigenvalue weighted by Gasteiger charge is 2.16. The van der Waals surface area contributed by atoms with Gasteiger partial charge in [0.05, 0.1) is 19.1 Å². The predicted molar refractivity (Wildman–Crippen MR) is 79.9 cm³/mol. The lowest BCUT2D eigenvalue weighted by molar-refractivity contribution is -0.123. The first-order valence-corrected chi connectivity index (χ1v) is 6.10. The van der Waals surface area contributed by atoms with Crippen LogP contribution >= 0.6 is 12.4 Å². The van der Waals surface area contributed by atoms with Crippen molar-refractivity contribution in [3.05, 3.63) is 24.3 Å². The summed E-state index contributed by atoms with van der Waals surface area (Å²) in [6, 6.07) is 6.03. The van der Waals surface area contributed by atoms with Crippen LogP contribution in [0.4, 0.5) is 5.69 Å². The zero-order chi connectivity index (χ0) is 14.3. The fraction of sp³-hybridized carbons (Fsp3) is 0.385. The van der Waals surface area contributed by atoms with Crippen molar-refractivity contribution in [3.63, 3.8) is 0 Å². The highest BCUT2D eigenvalue weighted by atomic mass is 35.5. The minimum absolute atomic E-state index is 0. The lowest BCUT2D eigenvalue weighted by Gasteiger charge is -2.11. The quantitative estimate of drug-likeness (QED) is 0.699. The Bertz CT molecular complexity index is 454. The number of anilines is 1. The van der Waals surface area contributed by atoms with Crippen molar-refractivity contribution in [2.24, 2.45) is 11.5 Å². The maximum atomic E-state index is 11.7. The first kappa shape index (κ1) is 18.2. The molecule has 1 rings (SSSR count). The molecule has 6 nitrogen and oxygen atoms in total. The van der Waals surface area contributed by atoms with Crippen LogP contribution < -0.4 is 21.5 Å². The Morgan fingerprint density at radius 3 is 2.70 bits per heavy atom. The molecule has 5 N–H and O–H groups in total. The van der Waals surface area contributed by atoms with Crippen LogP contribution in [0.1, 0.15) is 19.8 Å². The molecule has 7 heteroatoms. The van der Waals surface area contributed by atoms with E-state index < -0.39 is 17.9 Å². The van der Waals surface area contributed by atoms with Gasteiger partial charge in [0.1, 0.15) is 5.75 Å². The molecule has 112 valence electrons. The first-order valence-electron chi connectivity index (χ1n) is 6.10. The van der Waals surface area contributed by atoms with Crippen LogP contribution in [-0.2, 0) is 9.59 Å². The van der Waals surface area contributed by atoms with Gasteiger partial charge in [-0.15, -0.1) is 12.4 Å². The van der Waals surface area contributed by atoms with Crippen LogP contribution in [0.3, 0.4) is 0 Å². The van der Waals surface area contributed by atoms with Crippen molar-refractivity contribution in [1.29, 1.82) is 0 Å². The van der Waals surface area contributed by atoms with E-state index in [9.17, 15) is 9.59 Å². The van der Waals surface area contributed by atoms with Gasteiger partial charge in [-0.3, -0.25) is 9.59 Å². The van der Waals surface area contributed by atoms with Gasteiger partial charge in [0, 0.05) is 11.8 Å². The van der Waals surface area contributed by atoms with Crippen molar-refractivity contribution in [1.82, 2.24) is 0 Å². The first-order chi connectivity index (χ1) is 9.02. The van der Waals surface area contributed by atoms with Gasteiger partial charge in [0.25, 0.3) is 0 Å². The minimum Gasteiger partial charge on any atom is -0.494 e. The van der Waals surface area contributed by atoms with E-state index in [4.69, 9.17) is 16.2 Å². The number of carbonyl (C=O) groups is 2. The smallest absolute Gasteiger partial charge is 0.241 e. The molecule has 0 aliphatic rings. The second kappa shape index (κ2) is 9.17. The van der Waals surface area contributed by atoms with Crippen LogP contribution in [0.5, 0.6) is 5.75 Å². The van der Waals surface area contributed by atoms with Crippen LogP contribution in [0.15, 0.2) is 24.3 Å². The van der Waals surface area contributed by atoms with Gasteiger partial charge in [-0.05, 0) is 18.6 Å². The van der Waals surface area contributed by atoms with Crippen LogP contribution in [0.2, 0.25) is 0 Å². The maximum absolute atomic E-state index is 11.7. The molecule has 0 saturated heterocycles. The molecule has 0 fully saturated rings. The fourth-order valence-electron chi connectivity index (χ4n) is 1.43. The molecule has 20 heavy (non-hydrogen) atoms. The molecule has 0 bridgehead atoms. The molecule has 0 aromatic heterocycles. The summed E-state index contributed by atoms with van der Waals surface area (Å²) in [5.74, 6) is -0.391. The van der Waals surface area contributed by atoms with Crippen molar-refractivity contribution in [3.8, 4) is 5.75 Å². The lowest BCUT2D eigenvalue weighted by atomic mass is 10.2. The third-order valence-corrected chi connectivity index (χ3v) is 2.33. The number of nitrogens with one attached hydrogen (secondary N) is 1. The minimum atomic E-state index is -0.947. The summed E-state index contributed by atoms with van der Waals surface area (Å²) in [5.41, 5.74) is 11.1. The molecule has 1 aromatic rings. The molecular formula is C13H20ClN3O3. The van der Waals surface area contributed by atoms with Crippen molar-refractivity contribution in [2.75, 3.05) is 11.9 Å².